The predicted molar refractivity (Wildman–Crippen MR) is 101 cm³/mol. The Kier molecular flexibility index (Phi) is 5.49. The van der Waals surface area contributed by atoms with Crippen LogP contribution in [0.5, 0.6) is 0 Å². The molecule has 0 saturated carbocycles. The molecule has 0 saturated heterocycles. The fraction of sp³-hybridized carbons (Fsp3) is 0.143. The number of benzene rings is 2. The molecular formula is C21H18O4S. The summed E-state index contributed by atoms with van der Waals surface area (Å²) < 4.78 is 10.3. The van der Waals surface area contributed by atoms with Crippen molar-refractivity contribution in [3.63, 3.8) is 0 Å². The highest BCUT2D eigenvalue weighted by atomic mass is 32.1. The lowest BCUT2D eigenvalue weighted by atomic mass is 10.1. The molecule has 0 aliphatic heterocycles. The molecule has 0 radical (unpaired) electrons. The average molecular weight is 366 g/mol. The van der Waals surface area contributed by atoms with Crippen LogP contribution in [-0.4, -0.2) is 19.0 Å². The van der Waals surface area contributed by atoms with Crippen LogP contribution >= 0.6 is 11.3 Å². The van der Waals surface area contributed by atoms with Crippen LogP contribution in [0, 0.1) is 6.92 Å². The molecule has 0 atom stereocenters. The van der Waals surface area contributed by atoms with Gasteiger partial charge in [0, 0.05) is 15.3 Å². The molecule has 0 aliphatic carbocycles. The van der Waals surface area contributed by atoms with Crippen LogP contribution in [0.1, 0.15) is 31.2 Å². The fourth-order valence-electron chi connectivity index (χ4n) is 2.60. The van der Waals surface area contributed by atoms with Gasteiger partial charge in [0.25, 0.3) is 0 Å². The van der Waals surface area contributed by atoms with Crippen LogP contribution in [-0.2, 0) is 16.1 Å². The topological polar surface area (TPSA) is 52.6 Å². The summed E-state index contributed by atoms with van der Waals surface area (Å²) in [6.07, 6.45) is 0. The number of esters is 2. The second-order valence-corrected chi connectivity index (χ2v) is 6.94. The molecular weight excluding hydrogens is 348 g/mol. The molecule has 4 nitrogen and oxygen atoms in total. The van der Waals surface area contributed by atoms with Gasteiger partial charge in [0.2, 0.25) is 0 Å². The summed E-state index contributed by atoms with van der Waals surface area (Å²) >= 11 is 1.45. The summed E-state index contributed by atoms with van der Waals surface area (Å²) in [6.45, 7) is 2.09. The molecule has 0 bridgehead atoms. The first-order valence-electron chi connectivity index (χ1n) is 8.09. The van der Waals surface area contributed by atoms with Gasteiger partial charge in [-0.2, -0.15) is 0 Å². The van der Waals surface area contributed by atoms with Crippen molar-refractivity contribution in [2.24, 2.45) is 0 Å². The lowest BCUT2D eigenvalue weighted by molar-refractivity contribution is 0.0472. The molecule has 5 heteroatoms. The Labute approximate surface area is 156 Å². The lowest BCUT2D eigenvalue weighted by Gasteiger charge is -2.05. The first-order valence-corrected chi connectivity index (χ1v) is 8.91. The third kappa shape index (κ3) is 3.83. The van der Waals surface area contributed by atoms with Crippen LogP contribution in [0.3, 0.4) is 0 Å². The van der Waals surface area contributed by atoms with Crippen molar-refractivity contribution in [1.82, 2.24) is 0 Å². The Hall–Kier alpha value is -2.92. The lowest BCUT2D eigenvalue weighted by Crippen LogP contribution is -2.05. The molecule has 0 fully saturated rings. The molecule has 1 aromatic heterocycles. The Bertz CT molecular complexity index is 928. The molecule has 1 heterocycles. The number of thiophene rings is 1. The molecule has 0 spiro atoms. The Balaban J connectivity index is 1.83. The van der Waals surface area contributed by atoms with Crippen molar-refractivity contribution in [1.29, 1.82) is 0 Å². The second-order valence-electron chi connectivity index (χ2n) is 5.68. The van der Waals surface area contributed by atoms with Crippen LogP contribution in [0.4, 0.5) is 0 Å². The van der Waals surface area contributed by atoms with Gasteiger partial charge in [-0.1, -0.05) is 48.5 Å². The zero-order valence-electron chi connectivity index (χ0n) is 14.5. The number of hydrogen-bond acceptors (Lipinski definition) is 5. The highest BCUT2D eigenvalue weighted by Crippen LogP contribution is 2.34. The summed E-state index contributed by atoms with van der Waals surface area (Å²) in [6, 6.07) is 18.5. The van der Waals surface area contributed by atoms with Gasteiger partial charge in [-0.3, -0.25) is 0 Å². The van der Waals surface area contributed by atoms with Crippen LogP contribution < -0.4 is 0 Å². The standard InChI is InChI=1S/C21H18O4S/c1-14-18(21(23)25-13-15-8-4-3-5-9-15)12-19(26-14)16-10-6-7-11-17(16)20(22)24-2/h3-12H,13H2,1-2H3. The Morgan fingerprint density at radius 2 is 1.62 bits per heavy atom. The van der Waals surface area contributed by atoms with Gasteiger partial charge in [0.05, 0.1) is 18.2 Å². The quantitative estimate of drug-likeness (QED) is 0.605. The van der Waals surface area contributed by atoms with E-state index >= 15 is 0 Å². The second kappa shape index (κ2) is 7.97. The van der Waals surface area contributed by atoms with E-state index in [0.717, 1.165) is 20.9 Å². The molecule has 0 N–H and O–H groups in total. The van der Waals surface area contributed by atoms with E-state index in [2.05, 4.69) is 0 Å². The van der Waals surface area contributed by atoms with Crippen molar-refractivity contribution in [3.8, 4) is 10.4 Å². The average Bonchev–Trinajstić information content (AvgIpc) is 3.08. The monoisotopic (exact) mass is 366 g/mol. The number of hydrogen-bond donors (Lipinski definition) is 0. The van der Waals surface area contributed by atoms with E-state index in [9.17, 15) is 9.59 Å². The first-order chi connectivity index (χ1) is 12.6. The van der Waals surface area contributed by atoms with Crippen LogP contribution in [0.25, 0.3) is 10.4 Å². The van der Waals surface area contributed by atoms with Gasteiger partial charge >= 0.3 is 11.9 Å². The van der Waals surface area contributed by atoms with E-state index in [0.29, 0.717) is 11.1 Å². The van der Waals surface area contributed by atoms with Crippen molar-refractivity contribution in [3.05, 3.63) is 82.2 Å². The molecule has 26 heavy (non-hydrogen) atoms. The van der Waals surface area contributed by atoms with Gasteiger partial charge in [-0.15, -0.1) is 11.3 Å². The number of aryl methyl sites for hydroxylation is 1. The maximum atomic E-state index is 12.5. The first kappa shape index (κ1) is 17.9. The third-order valence-electron chi connectivity index (χ3n) is 3.95. The Morgan fingerprint density at radius 1 is 0.923 bits per heavy atom. The van der Waals surface area contributed by atoms with E-state index in [1.807, 2.05) is 49.4 Å². The number of ether oxygens (including phenoxy) is 2. The smallest absolute Gasteiger partial charge is 0.339 e. The summed E-state index contributed by atoms with van der Waals surface area (Å²) in [5, 5.41) is 0. The molecule has 132 valence electrons. The minimum atomic E-state index is -0.403. The highest BCUT2D eigenvalue weighted by molar-refractivity contribution is 7.15. The maximum absolute atomic E-state index is 12.5. The third-order valence-corrected chi connectivity index (χ3v) is 5.03. The van der Waals surface area contributed by atoms with Crippen molar-refractivity contribution in [2.45, 2.75) is 13.5 Å². The molecule has 3 rings (SSSR count). The molecule has 2 aromatic carbocycles. The van der Waals surface area contributed by atoms with Crippen molar-refractivity contribution < 1.29 is 19.1 Å². The molecule has 3 aromatic rings. The van der Waals surface area contributed by atoms with E-state index < -0.39 is 5.97 Å². The van der Waals surface area contributed by atoms with Gasteiger partial charge < -0.3 is 9.47 Å². The van der Waals surface area contributed by atoms with Crippen LogP contribution in [0.15, 0.2) is 60.7 Å². The van der Waals surface area contributed by atoms with E-state index in [1.165, 1.54) is 18.4 Å². The normalized spacial score (nSPS) is 10.4. The van der Waals surface area contributed by atoms with Gasteiger partial charge in [0.1, 0.15) is 6.61 Å². The highest BCUT2D eigenvalue weighted by Gasteiger charge is 2.19. The van der Waals surface area contributed by atoms with Crippen molar-refractivity contribution in [2.75, 3.05) is 7.11 Å². The molecule has 0 aliphatic rings. The fourth-order valence-corrected chi connectivity index (χ4v) is 3.65. The van der Waals surface area contributed by atoms with E-state index in [-0.39, 0.29) is 12.6 Å². The SMILES string of the molecule is COC(=O)c1ccccc1-c1cc(C(=O)OCc2ccccc2)c(C)s1. The zero-order valence-corrected chi connectivity index (χ0v) is 15.3. The number of carbonyl (C=O) groups is 2. The molecule has 0 unspecified atom stereocenters. The largest absolute Gasteiger partial charge is 0.465 e. The molecule has 0 amide bonds. The Morgan fingerprint density at radius 3 is 2.35 bits per heavy atom. The van der Waals surface area contributed by atoms with Gasteiger partial charge in [-0.05, 0) is 24.6 Å². The summed E-state index contributed by atoms with van der Waals surface area (Å²) in [5.41, 5.74) is 2.67. The number of carbonyl (C=O) groups excluding carboxylic acids is 2. The van der Waals surface area contributed by atoms with E-state index in [4.69, 9.17) is 9.47 Å². The number of rotatable bonds is 5. The minimum absolute atomic E-state index is 0.225. The summed E-state index contributed by atoms with van der Waals surface area (Å²) in [4.78, 5) is 26.1. The summed E-state index contributed by atoms with van der Waals surface area (Å²) in [5.74, 6) is -0.774. The number of methoxy groups -OCH3 is 1. The zero-order chi connectivity index (χ0) is 18.5. The minimum Gasteiger partial charge on any atom is -0.465 e. The van der Waals surface area contributed by atoms with Gasteiger partial charge in [-0.25, -0.2) is 9.59 Å². The maximum Gasteiger partial charge on any atom is 0.339 e. The van der Waals surface area contributed by atoms with E-state index in [1.54, 1.807) is 18.2 Å². The predicted octanol–water partition coefficient (Wildman–Crippen LogP) is 4.87. The van der Waals surface area contributed by atoms with Crippen LogP contribution in [0.2, 0.25) is 0 Å². The van der Waals surface area contributed by atoms with Gasteiger partial charge in [0.15, 0.2) is 0 Å². The summed E-state index contributed by atoms with van der Waals surface area (Å²) in [7, 11) is 1.35. The van der Waals surface area contributed by atoms with Crippen molar-refractivity contribution >= 4 is 23.3 Å².